The number of hydrogen-bond donors (Lipinski definition) is 0. The van der Waals surface area contributed by atoms with Crippen LogP contribution in [0.1, 0.15) is 34.8 Å². The first-order valence-electron chi connectivity index (χ1n) is 6.75. The molecule has 0 bridgehead atoms. The van der Waals surface area contributed by atoms with E-state index in [1.165, 1.54) is 24.3 Å². The average Bonchev–Trinajstić information content (AvgIpc) is 2.47. The number of nitriles is 1. The third kappa shape index (κ3) is 4.40. The number of rotatable bonds is 4. The van der Waals surface area contributed by atoms with Crippen LogP contribution in [0.15, 0.2) is 36.4 Å². The minimum atomic E-state index is -0.912. The van der Waals surface area contributed by atoms with Gasteiger partial charge in [0.1, 0.15) is 23.5 Å². The van der Waals surface area contributed by atoms with Gasteiger partial charge in [-0.3, -0.25) is 0 Å². The molecule has 0 aliphatic carbocycles. The predicted octanol–water partition coefficient (Wildman–Crippen LogP) is 3.63. The smallest absolute Gasteiger partial charge is 0.346 e. The van der Waals surface area contributed by atoms with E-state index < -0.39 is 17.6 Å². The molecule has 0 aliphatic rings. The quantitative estimate of drug-likeness (QED) is 0.492. The molecule has 0 amide bonds. The lowest BCUT2D eigenvalue weighted by atomic mass is 10.1. The number of benzene rings is 2. The maximum atomic E-state index is 13.9. The summed E-state index contributed by atoms with van der Waals surface area (Å²) in [7, 11) is 0. The van der Waals surface area contributed by atoms with Crippen LogP contribution in [0.4, 0.5) is 8.78 Å². The van der Waals surface area contributed by atoms with Crippen molar-refractivity contribution in [2.75, 3.05) is 0 Å². The van der Waals surface area contributed by atoms with Gasteiger partial charge >= 0.3 is 5.97 Å². The second kappa shape index (κ2) is 8.09. The first-order valence-corrected chi connectivity index (χ1v) is 6.75. The van der Waals surface area contributed by atoms with Crippen LogP contribution in [0.3, 0.4) is 0 Å². The van der Waals surface area contributed by atoms with Crippen molar-refractivity contribution >= 4 is 14.4 Å². The molecule has 3 nitrogen and oxygen atoms in total. The van der Waals surface area contributed by atoms with E-state index in [0.717, 1.165) is 18.1 Å². The molecule has 2 rings (SSSR count). The van der Waals surface area contributed by atoms with Gasteiger partial charge in [-0.2, -0.15) is 5.26 Å². The van der Waals surface area contributed by atoms with Gasteiger partial charge < -0.3 is 4.74 Å². The third-order valence-corrected chi connectivity index (χ3v) is 3.06. The van der Waals surface area contributed by atoms with E-state index in [4.69, 9.17) is 10.00 Å². The van der Waals surface area contributed by atoms with Crippen LogP contribution >= 0.6 is 0 Å². The van der Waals surface area contributed by atoms with Crippen molar-refractivity contribution in [1.29, 1.82) is 5.26 Å². The van der Waals surface area contributed by atoms with Crippen molar-refractivity contribution in [2.24, 2.45) is 0 Å². The summed E-state index contributed by atoms with van der Waals surface area (Å²) in [5.74, 6) is -2.47. The van der Waals surface area contributed by atoms with Gasteiger partial charge in [-0.25, -0.2) is 13.6 Å². The molecule has 0 aromatic heterocycles. The lowest BCUT2D eigenvalue weighted by Gasteiger charge is -2.07. The van der Waals surface area contributed by atoms with Gasteiger partial charge in [0.2, 0.25) is 0 Å². The molecule has 0 heterocycles. The van der Waals surface area contributed by atoms with Crippen LogP contribution in [-0.4, -0.2) is 14.4 Å². The summed E-state index contributed by atoms with van der Waals surface area (Å²) in [6.07, 6.45) is 1.58. The fraction of sp³-hybridized carbons (Fsp3) is 0.176. The number of nitrogens with zero attached hydrogens (tertiary/aromatic N) is 1. The highest BCUT2D eigenvalue weighted by molar-refractivity contribution is 5.91. The van der Waals surface area contributed by atoms with Gasteiger partial charge in [-0.05, 0) is 36.2 Å². The van der Waals surface area contributed by atoms with Crippen molar-refractivity contribution in [3.8, 4) is 11.8 Å². The molecule has 3 radical (unpaired) electrons. The number of ether oxygens (including phenoxy) is 1. The minimum absolute atomic E-state index is 0. The molecule has 0 saturated heterocycles. The average molecular weight is 312 g/mol. The first kappa shape index (κ1) is 18.4. The van der Waals surface area contributed by atoms with Crippen LogP contribution in [0.25, 0.3) is 0 Å². The Kier molecular flexibility index (Phi) is 6.46. The summed E-state index contributed by atoms with van der Waals surface area (Å²) >= 11 is 0. The standard InChI is InChI=1S/C17H13F2NO2.B/c1-2-3-11-4-7-14(16(19)8-11)17(21)22-13-6-5-12(10-20)15(18)9-13;/h4-9H,2-3H2,1H3;. The number of hydrogen-bond acceptors (Lipinski definition) is 3. The van der Waals surface area contributed by atoms with E-state index in [1.807, 2.05) is 6.92 Å². The van der Waals surface area contributed by atoms with E-state index in [0.29, 0.717) is 6.42 Å². The maximum Gasteiger partial charge on any atom is 0.346 e. The van der Waals surface area contributed by atoms with E-state index in [2.05, 4.69) is 0 Å². The minimum Gasteiger partial charge on any atom is -0.423 e. The van der Waals surface area contributed by atoms with Crippen molar-refractivity contribution in [2.45, 2.75) is 19.8 Å². The Labute approximate surface area is 135 Å². The fourth-order valence-corrected chi connectivity index (χ4v) is 1.98. The molecule has 0 unspecified atom stereocenters. The summed E-state index contributed by atoms with van der Waals surface area (Å²) in [6.45, 7) is 1.97. The molecule has 115 valence electrons. The molecular weight excluding hydrogens is 299 g/mol. The van der Waals surface area contributed by atoms with Gasteiger partial charge in [0.05, 0.1) is 11.1 Å². The predicted molar refractivity (Wildman–Crippen MR) is 82.2 cm³/mol. The third-order valence-electron chi connectivity index (χ3n) is 3.06. The van der Waals surface area contributed by atoms with Crippen LogP contribution < -0.4 is 4.74 Å². The fourth-order valence-electron chi connectivity index (χ4n) is 1.98. The second-order valence-corrected chi connectivity index (χ2v) is 4.71. The molecule has 23 heavy (non-hydrogen) atoms. The molecule has 0 spiro atoms. The van der Waals surface area contributed by atoms with Gasteiger partial charge in [-0.15, -0.1) is 0 Å². The molecule has 0 atom stereocenters. The second-order valence-electron chi connectivity index (χ2n) is 4.71. The van der Waals surface area contributed by atoms with Gasteiger partial charge in [-0.1, -0.05) is 19.4 Å². The van der Waals surface area contributed by atoms with Crippen LogP contribution in [0.2, 0.25) is 0 Å². The number of carbonyl (C=O) groups is 1. The Morgan fingerprint density at radius 3 is 2.48 bits per heavy atom. The highest BCUT2D eigenvalue weighted by Gasteiger charge is 2.15. The largest absolute Gasteiger partial charge is 0.423 e. The Hall–Kier alpha value is -2.68. The summed E-state index contributed by atoms with van der Waals surface area (Å²) in [4.78, 5) is 11.9. The lowest BCUT2D eigenvalue weighted by Crippen LogP contribution is -2.11. The van der Waals surface area contributed by atoms with Gasteiger partial charge in [0.15, 0.2) is 0 Å². The zero-order valence-electron chi connectivity index (χ0n) is 12.5. The van der Waals surface area contributed by atoms with E-state index >= 15 is 0 Å². The van der Waals surface area contributed by atoms with Crippen molar-refractivity contribution in [1.82, 2.24) is 0 Å². The SMILES string of the molecule is CCCc1ccc(C(=O)Oc2ccc(C#N)c(F)c2)c(F)c1.[B]. The Bertz CT molecular complexity index is 757. The zero-order valence-corrected chi connectivity index (χ0v) is 12.5. The number of aryl methyl sites for hydroxylation is 1. The number of esters is 1. The molecule has 0 fully saturated rings. The summed E-state index contributed by atoms with van der Waals surface area (Å²) < 4.78 is 32.3. The highest BCUT2D eigenvalue weighted by Crippen LogP contribution is 2.19. The van der Waals surface area contributed by atoms with Crippen LogP contribution in [0.5, 0.6) is 5.75 Å². The first-order chi connectivity index (χ1) is 10.5. The van der Waals surface area contributed by atoms with Crippen molar-refractivity contribution < 1.29 is 18.3 Å². The highest BCUT2D eigenvalue weighted by atomic mass is 19.1. The molecule has 0 aliphatic heterocycles. The topological polar surface area (TPSA) is 50.1 Å². The number of carbonyl (C=O) groups excluding carboxylic acids is 1. The van der Waals surface area contributed by atoms with Crippen molar-refractivity contribution in [3.05, 3.63) is 64.7 Å². The van der Waals surface area contributed by atoms with Crippen LogP contribution in [-0.2, 0) is 6.42 Å². The Morgan fingerprint density at radius 2 is 1.91 bits per heavy atom. The van der Waals surface area contributed by atoms with E-state index in [9.17, 15) is 13.6 Å². The molecule has 6 heteroatoms. The normalized spacial score (nSPS) is 9.65. The van der Waals surface area contributed by atoms with E-state index in [1.54, 1.807) is 12.1 Å². The summed E-state index contributed by atoms with van der Waals surface area (Å²) in [5.41, 5.74) is 0.417. The lowest BCUT2D eigenvalue weighted by molar-refractivity contribution is 0.0729. The number of halogens is 2. The van der Waals surface area contributed by atoms with E-state index in [-0.39, 0.29) is 25.3 Å². The zero-order chi connectivity index (χ0) is 16.1. The molecule has 2 aromatic carbocycles. The van der Waals surface area contributed by atoms with Crippen molar-refractivity contribution in [3.63, 3.8) is 0 Å². The molecule has 0 N–H and O–H groups in total. The van der Waals surface area contributed by atoms with Gasteiger partial charge in [0.25, 0.3) is 0 Å². The van der Waals surface area contributed by atoms with Crippen LogP contribution in [0, 0.1) is 23.0 Å². The molecule has 2 aromatic rings. The maximum absolute atomic E-state index is 13.9. The summed E-state index contributed by atoms with van der Waals surface area (Å²) in [6, 6.07) is 9.35. The Morgan fingerprint density at radius 1 is 1.17 bits per heavy atom. The summed E-state index contributed by atoms with van der Waals surface area (Å²) in [5, 5.41) is 8.63. The molecule has 0 saturated carbocycles. The Balaban J connectivity index is 0.00000264. The van der Waals surface area contributed by atoms with Gasteiger partial charge in [0, 0.05) is 14.5 Å². The molecular formula is C17H13BF2NO2. The monoisotopic (exact) mass is 312 g/mol.